The molecule has 0 aromatic heterocycles. The van der Waals surface area contributed by atoms with Crippen molar-refractivity contribution in [2.45, 2.75) is 11.5 Å². The molecule has 0 aromatic carbocycles. The third-order valence-corrected chi connectivity index (χ3v) is 2.28. The summed E-state index contributed by atoms with van der Waals surface area (Å²) in [4.78, 5) is 0. The summed E-state index contributed by atoms with van der Waals surface area (Å²) in [6.45, 7) is 1.69. The second-order valence-corrected chi connectivity index (χ2v) is 4.08. The predicted molar refractivity (Wildman–Crippen MR) is 65.9 cm³/mol. The van der Waals surface area contributed by atoms with Gasteiger partial charge in [-0.25, -0.2) is 0 Å². The highest BCUT2D eigenvalue weighted by Crippen LogP contribution is 2.26. The standard InChI is InChI=1S/C11H21ClF2O5/c1-15-3-4-17-5-6-18-7-8-19-10(9-16-2)11(12,13)14/h10H,3-9H2,1-2H3. The van der Waals surface area contributed by atoms with Crippen LogP contribution in [0.4, 0.5) is 8.78 Å². The summed E-state index contributed by atoms with van der Waals surface area (Å²) in [5.41, 5.74) is 0. The molecule has 116 valence electrons. The Kier molecular flexibility index (Phi) is 11.7. The van der Waals surface area contributed by atoms with Gasteiger partial charge in [0.15, 0.2) is 6.10 Å². The molecular formula is C11H21ClF2O5. The first-order valence-corrected chi connectivity index (χ1v) is 6.21. The summed E-state index contributed by atoms with van der Waals surface area (Å²) in [6, 6.07) is 0. The molecule has 0 heterocycles. The highest BCUT2D eigenvalue weighted by atomic mass is 35.5. The molecular weight excluding hydrogens is 286 g/mol. The number of hydrogen-bond donors (Lipinski definition) is 0. The monoisotopic (exact) mass is 306 g/mol. The molecule has 0 radical (unpaired) electrons. The van der Waals surface area contributed by atoms with E-state index in [1.165, 1.54) is 7.11 Å². The average Bonchev–Trinajstić information content (AvgIpc) is 2.34. The lowest BCUT2D eigenvalue weighted by Gasteiger charge is -2.21. The summed E-state index contributed by atoms with van der Waals surface area (Å²) in [5.74, 6) is 0. The molecule has 8 heteroatoms. The Morgan fingerprint density at radius 1 is 0.895 bits per heavy atom. The van der Waals surface area contributed by atoms with Crippen LogP contribution >= 0.6 is 11.6 Å². The maximum absolute atomic E-state index is 12.8. The van der Waals surface area contributed by atoms with E-state index < -0.39 is 11.5 Å². The van der Waals surface area contributed by atoms with Gasteiger partial charge in [0.25, 0.3) is 0 Å². The van der Waals surface area contributed by atoms with Crippen molar-refractivity contribution in [3.05, 3.63) is 0 Å². The Balaban J connectivity index is 3.45. The highest BCUT2D eigenvalue weighted by molar-refractivity contribution is 6.22. The molecule has 0 aromatic rings. The minimum Gasteiger partial charge on any atom is -0.382 e. The second-order valence-electron chi connectivity index (χ2n) is 3.57. The number of ether oxygens (including phenoxy) is 5. The van der Waals surface area contributed by atoms with Crippen molar-refractivity contribution in [3.63, 3.8) is 0 Å². The molecule has 0 saturated heterocycles. The van der Waals surface area contributed by atoms with Crippen molar-refractivity contribution in [2.24, 2.45) is 0 Å². The third kappa shape index (κ3) is 11.5. The van der Waals surface area contributed by atoms with Crippen LogP contribution in [-0.2, 0) is 23.7 Å². The van der Waals surface area contributed by atoms with E-state index in [2.05, 4.69) is 4.74 Å². The molecule has 0 fully saturated rings. The molecule has 0 saturated carbocycles. The second kappa shape index (κ2) is 11.7. The molecule has 0 rings (SSSR count). The smallest absolute Gasteiger partial charge is 0.349 e. The van der Waals surface area contributed by atoms with E-state index in [1.807, 2.05) is 0 Å². The van der Waals surface area contributed by atoms with Crippen LogP contribution in [0.2, 0.25) is 0 Å². The molecule has 0 aliphatic rings. The van der Waals surface area contributed by atoms with Crippen LogP contribution in [0.5, 0.6) is 0 Å². The predicted octanol–water partition coefficient (Wildman–Crippen LogP) is 1.53. The first kappa shape index (κ1) is 18.9. The average molecular weight is 307 g/mol. The Bertz CT molecular complexity index is 204. The minimum absolute atomic E-state index is 0.00834. The van der Waals surface area contributed by atoms with Gasteiger partial charge in [-0.1, -0.05) is 0 Å². The van der Waals surface area contributed by atoms with Gasteiger partial charge in [0.05, 0.1) is 46.2 Å². The fraction of sp³-hybridized carbons (Fsp3) is 1.00. The van der Waals surface area contributed by atoms with Gasteiger partial charge >= 0.3 is 5.38 Å². The molecule has 0 bridgehead atoms. The summed E-state index contributed by atoms with van der Waals surface area (Å²) in [6.07, 6.45) is -1.49. The normalized spacial score (nSPS) is 13.7. The lowest BCUT2D eigenvalue weighted by atomic mass is 10.4. The van der Waals surface area contributed by atoms with E-state index in [1.54, 1.807) is 7.11 Å². The number of hydrogen-bond acceptors (Lipinski definition) is 5. The Morgan fingerprint density at radius 3 is 1.89 bits per heavy atom. The van der Waals surface area contributed by atoms with Gasteiger partial charge in [-0.3, -0.25) is 0 Å². The van der Waals surface area contributed by atoms with Crippen LogP contribution in [-0.4, -0.2) is 72.0 Å². The van der Waals surface area contributed by atoms with E-state index >= 15 is 0 Å². The lowest BCUT2D eigenvalue weighted by Crippen LogP contribution is -2.35. The van der Waals surface area contributed by atoms with Crippen molar-refractivity contribution in [2.75, 3.05) is 60.5 Å². The maximum atomic E-state index is 12.8. The molecule has 0 N–H and O–H groups in total. The van der Waals surface area contributed by atoms with Crippen LogP contribution in [0, 0.1) is 0 Å². The Labute approximate surface area is 117 Å². The molecule has 1 unspecified atom stereocenters. The van der Waals surface area contributed by atoms with Gasteiger partial charge in [0.1, 0.15) is 0 Å². The van der Waals surface area contributed by atoms with Gasteiger partial charge in [-0.15, -0.1) is 0 Å². The van der Waals surface area contributed by atoms with E-state index in [-0.39, 0.29) is 19.8 Å². The molecule has 5 nitrogen and oxygen atoms in total. The summed E-state index contributed by atoms with van der Waals surface area (Å²) >= 11 is 4.88. The molecule has 0 spiro atoms. The lowest BCUT2D eigenvalue weighted by molar-refractivity contribution is -0.120. The minimum atomic E-state index is -3.46. The quantitative estimate of drug-likeness (QED) is 0.381. The van der Waals surface area contributed by atoms with Gasteiger partial charge < -0.3 is 23.7 Å². The van der Waals surface area contributed by atoms with Crippen molar-refractivity contribution in [1.29, 1.82) is 0 Å². The molecule has 0 amide bonds. The van der Waals surface area contributed by atoms with Crippen LogP contribution in [0.15, 0.2) is 0 Å². The fourth-order valence-electron chi connectivity index (χ4n) is 1.10. The SMILES string of the molecule is COCCOCCOCCOC(COC)C(F)(F)Cl. The van der Waals surface area contributed by atoms with Crippen molar-refractivity contribution in [3.8, 4) is 0 Å². The van der Waals surface area contributed by atoms with Crippen LogP contribution < -0.4 is 0 Å². The maximum Gasteiger partial charge on any atom is 0.349 e. The zero-order valence-corrected chi connectivity index (χ0v) is 12.0. The Hall–Kier alpha value is -0.0500. The summed E-state index contributed by atoms with van der Waals surface area (Å²) in [5, 5.41) is -3.46. The molecule has 0 aliphatic heterocycles. The molecule has 0 aliphatic carbocycles. The number of rotatable bonds is 13. The van der Waals surface area contributed by atoms with Crippen LogP contribution in [0.3, 0.4) is 0 Å². The van der Waals surface area contributed by atoms with E-state index in [4.69, 9.17) is 30.5 Å². The summed E-state index contributed by atoms with van der Waals surface area (Å²) in [7, 11) is 2.88. The van der Waals surface area contributed by atoms with Crippen LogP contribution in [0.1, 0.15) is 0 Å². The molecule has 1 atom stereocenters. The van der Waals surface area contributed by atoms with E-state index in [0.29, 0.717) is 26.4 Å². The van der Waals surface area contributed by atoms with Crippen molar-refractivity contribution >= 4 is 11.6 Å². The van der Waals surface area contributed by atoms with Gasteiger partial charge in [0.2, 0.25) is 0 Å². The zero-order valence-electron chi connectivity index (χ0n) is 11.2. The topological polar surface area (TPSA) is 46.2 Å². The van der Waals surface area contributed by atoms with Gasteiger partial charge in [-0.05, 0) is 11.6 Å². The molecule has 19 heavy (non-hydrogen) atoms. The van der Waals surface area contributed by atoms with Crippen molar-refractivity contribution in [1.82, 2.24) is 0 Å². The van der Waals surface area contributed by atoms with Gasteiger partial charge in [-0.2, -0.15) is 8.78 Å². The zero-order chi connectivity index (χ0) is 14.6. The van der Waals surface area contributed by atoms with E-state index in [9.17, 15) is 8.78 Å². The largest absolute Gasteiger partial charge is 0.382 e. The van der Waals surface area contributed by atoms with Crippen molar-refractivity contribution < 1.29 is 32.5 Å². The highest BCUT2D eigenvalue weighted by Gasteiger charge is 2.38. The summed E-state index contributed by atoms with van der Waals surface area (Å²) < 4.78 is 50.2. The van der Waals surface area contributed by atoms with E-state index in [0.717, 1.165) is 0 Å². The Morgan fingerprint density at radius 2 is 1.42 bits per heavy atom. The first-order valence-electron chi connectivity index (χ1n) is 5.84. The van der Waals surface area contributed by atoms with Gasteiger partial charge in [0, 0.05) is 14.2 Å². The fourth-order valence-corrected chi connectivity index (χ4v) is 1.23. The van der Waals surface area contributed by atoms with Crippen LogP contribution in [0.25, 0.3) is 0 Å². The first-order chi connectivity index (χ1) is 9.02. The number of alkyl halides is 3. The third-order valence-electron chi connectivity index (χ3n) is 2.03. The number of halogens is 3. The number of methoxy groups -OCH3 is 2.